The van der Waals surface area contributed by atoms with Crippen LogP contribution in [0.3, 0.4) is 0 Å². The predicted octanol–water partition coefficient (Wildman–Crippen LogP) is 3.02. The zero-order valence-corrected chi connectivity index (χ0v) is 12.2. The molecule has 0 atom stereocenters. The van der Waals surface area contributed by atoms with Crippen molar-refractivity contribution in [1.82, 2.24) is 10.2 Å². The highest BCUT2D eigenvalue weighted by Crippen LogP contribution is 2.19. The molecule has 1 heterocycles. The number of para-hydroxylation sites is 1. The third-order valence-electron chi connectivity index (χ3n) is 2.90. The van der Waals surface area contributed by atoms with Gasteiger partial charge in [0.05, 0.1) is 6.61 Å². The highest BCUT2D eigenvalue weighted by Gasteiger charge is 2.03. The molecule has 2 N–H and O–H groups in total. The summed E-state index contributed by atoms with van der Waals surface area (Å²) in [5, 5.41) is 9.57. The molecule has 0 aliphatic carbocycles. The molecular weight excluding hydrogens is 266 g/mol. The Balaban J connectivity index is 2.01. The molecule has 0 aliphatic rings. The molecule has 1 aromatic heterocycles. The molecule has 0 saturated heterocycles. The van der Waals surface area contributed by atoms with Crippen LogP contribution < -0.4 is 10.1 Å². The van der Waals surface area contributed by atoms with Crippen LogP contribution in [-0.2, 0) is 11.2 Å². The highest BCUT2D eigenvalue weighted by molar-refractivity contribution is 6.01. The Labute approximate surface area is 124 Å². The van der Waals surface area contributed by atoms with E-state index in [1.807, 2.05) is 44.2 Å². The number of rotatable bonds is 6. The first kappa shape index (κ1) is 14.8. The summed E-state index contributed by atoms with van der Waals surface area (Å²) >= 11 is 0. The normalized spacial score (nSPS) is 10.8. The number of anilines is 1. The van der Waals surface area contributed by atoms with Crippen molar-refractivity contribution in [3.8, 4) is 5.75 Å². The van der Waals surface area contributed by atoms with Gasteiger partial charge in [0, 0.05) is 23.4 Å². The molecule has 0 spiro atoms. The summed E-state index contributed by atoms with van der Waals surface area (Å²) in [4.78, 5) is 11.9. The molecule has 0 unspecified atom stereocenters. The number of nitrogens with zero attached hydrogens (tertiary/aromatic N) is 1. The van der Waals surface area contributed by atoms with Gasteiger partial charge in [-0.05, 0) is 25.5 Å². The Hall–Kier alpha value is -2.56. The molecule has 21 heavy (non-hydrogen) atoms. The number of aromatic nitrogens is 2. The maximum atomic E-state index is 11.9. The van der Waals surface area contributed by atoms with Crippen LogP contribution >= 0.6 is 0 Å². The van der Waals surface area contributed by atoms with Gasteiger partial charge in [0.25, 0.3) is 0 Å². The third-order valence-corrected chi connectivity index (χ3v) is 2.90. The maximum absolute atomic E-state index is 11.9. The van der Waals surface area contributed by atoms with Crippen LogP contribution in [0.4, 0.5) is 5.82 Å². The van der Waals surface area contributed by atoms with Gasteiger partial charge in [-0.1, -0.05) is 25.1 Å². The first-order chi connectivity index (χ1) is 10.2. The summed E-state index contributed by atoms with van der Waals surface area (Å²) in [5.74, 6) is 1.06. The molecule has 5 nitrogen and oxygen atoms in total. The monoisotopic (exact) mass is 285 g/mol. The number of carbonyl (C=O) groups excluding carboxylic acids is 1. The smallest absolute Gasteiger partial charge is 0.249 e. The van der Waals surface area contributed by atoms with E-state index in [0.717, 1.165) is 23.4 Å². The molecule has 2 rings (SSSR count). The van der Waals surface area contributed by atoms with Gasteiger partial charge in [0.15, 0.2) is 5.82 Å². The fraction of sp³-hybridized carbons (Fsp3) is 0.250. The number of amides is 1. The fourth-order valence-electron chi connectivity index (χ4n) is 1.85. The van der Waals surface area contributed by atoms with Crippen LogP contribution in [0.25, 0.3) is 6.08 Å². The summed E-state index contributed by atoms with van der Waals surface area (Å²) in [6, 6.07) is 9.40. The van der Waals surface area contributed by atoms with Gasteiger partial charge in [0.2, 0.25) is 5.91 Å². The van der Waals surface area contributed by atoms with E-state index in [-0.39, 0.29) is 5.91 Å². The van der Waals surface area contributed by atoms with E-state index in [1.54, 1.807) is 6.08 Å². The summed E-state index contributed by atoms with van der Waals surface area (Å²) < 4.78 is 5.51. The van der Waals surface area contributed by atoms with Gasteiger partial charge in [-0.25, -0.2) is 0 Å². The quantitative estimate of drug-likeness (QED) is 0.802. The van der Waals surface area contributed by atoms with Gasteiger partial charge >= 0.3 is 0 Å². The van der Waals surface area contributed by atoms with Crippen molar-refractivity contribution in [2.24, 2.45) is 0 Å². The van der Waals surface area contributed by atoms with Crippen LogP contribution in [0.1, 0.15) is 25.1 Å². The van der Waals surface area contributed by atoms with Crippen molar-refractivity contribution in [3.63, 3.8) is 0 Å². The van der Waals surface area contributed by atoms with E-state index in [2.05, 4.69) is 15.5 Å². The number of aromatic amines is 1. The maximum Gasteiger partial charge on any atom is 0.249 e. The molecule has 110 valence electrons. The van der Waals surface area contributed by atoms with E-state index < -0.39 is 0 Å². The summed E-state index contributed by atoms with van der Waals surface area (Å²) in [7, 11) is 0. The average Bonchev–Trinajstić information content (AvgIpc) is 2.94. The van der Waals surface area contributed by atoms with Crippen LogP contribution in [-0.4, -0.2) is 22.7 Å². The lowest BCUT2D eigenvalue weighted by atomic mass is 10.2. The first-order valence-corrected chi connectivity index (χ1v) is 6.98. The molecule has 0 bridgehead atoms. The van der Waals surface area contributed by atoms with Crippen LogP contribution in [0.15, 0.2) is 36.4 Å². The first-order valence-electron chi connectivity index (χ1n) is 6.98. The number of aryl methyl sites for hydroxylation is 1. The van der Waals surface area contributed by atoms with Crippen molar-refractivity contribution in [1.29, 1.82) is 0 Å². The van der Waals surface area contributed by atoms with Crippen LogP contribution in [0.2, 0.25) is 0 Å². The summed E-state index contributed by atoms with van der Waals surface area (Å²) in [6.07, 6.45) is 4.05. The van der Waals surface area contributed by atoms with Crippen LogP contribution in [0.5, 0.6) is 5.75 Å². The van der Waals surface area contributed by atoms with E-state index in [9.17, 15) is 4.79 Å². The topological polar surface area (TPSA) is 67.0 Å². The molecular formula is C16H19N3O2. The average molecular weight is 285 g/mol. The zero-order chi connectivity index (χ0) is 15.1. The van der Waals surface area contributed by atoms with E-state index in [0.29, 0.717) is 12.4 Å². The Bertz CT molecular complexity index is 632. The second-order valence-corrected chi connectivity index (χ2v) is 4.43. The number of carbonyl (C=O) groups is 1. The fourth-order valence-corrected chi connectivity index (χ4v) is 1.85. The van der Waals surface area contributed by atoms with Crippen molar-refractivity contribution in [2.75, 3.05) is 11.9 Å². The summed E-state index contributed by atoms with van der Waals surface area (Å²) in [6.45, 7) is 4.53. The third kappa shape index (κ3) is 4.21. The van der Waals surface area contributed by atoms with E-state index in [4.69, 9.17) is 4.74 Å². The van der Waals surface area contributed by atoms with Gasteiger partial charge in [-0.3, -0.25) is 9.89 Å². The van der Waals surface area contributed by atoms with Gasteiger partial charge < -0.3 is 10.1 Å². The minimum atomic E-state index is -0.226. The lowest BCUT2D eigenvalue weighted by Crippen LogP contribution is -2.08. The minimum Gasteiger partial charge on any atom is -0.493 e. The number of nitrogens with one attached hydrogen (secondary N) is 2. The molecule has 2 aromatic rings. The molecule has 5 heteroatoms. The second-order valence-electron chi connectivity index (χ2n) is 4.43. The van der Waals surface area contributed by atoms with Gasteiger partial charge in [0.1, 0.15) is 5.75 Å². The molecule has 0 aliphatic heterocycles. The van der Waals surface area contributed by atoms with Crippen molar-refractivity contribution in [3.05, 3.63) is 47.7 Å². The van der Waals surface area contributed by atoms with Crippen molar-refractivity contribution in [2.45, 2.75) is 20.3 Å². The van der Waals surface area contributed by atoms with E-state index in [1.165, 1.54) is 6.08 Å². The minimum absolute atomic E-state index is 0.226. The number of benzene rings is 1. The summed E-state index contributed by atoms with van der Waals surface area (Å²) in [5.41, 5.74) is 1.85. The lowest BCUT2D eigenvalue weighted by molar-refractivity contribution is -0.111. The number of hydrogen-bond donors (Lipinski definition) is 2. The molecule has 0 fully saturated rings. The highest BCUT2D eigenvalue weighted by atomic mass is 16.5. The molecule has 1 amide bonds. The SMILES string of the molecule is CCOc1ccccc1/C=C/C(=O)Nc1cc(CC)[nH]n1. The Morgan fingerprint density at radius 2 is 2.19 bits per heavy atom. The van der Waals surface area contributed by atoms with Crippen LogP contribution in [0, 0.1) is 0 Å². The Kier molecular flexibility index (Phi) is 5.15. The van der Waals surface area contributed by atoms with Gasteiger partial charge in [-0.15, -0.1) is 0 Å². The molecule has 0 radical (unpaired) electrons. The largest absolute Gasteiger partial charge is 0.493 e. The van der Waals surface area contributed by atoms with E-state index >= 15 is 0 Å². The number of H-pyrrole nitrogens is 1. The Morgan fingerprint density at radius 1 is 1.38 bits per heavy atom. The second kappa shape index (κ2) is 7.28. The van der Waals surface area contributed by atoms with Crippen molar-refractivity contribution < 1.29 is 9.53 Å². The predicted molar refractivity (Wildman–Crippen MR) is 83.2 cm³/mol. The number of ether oxygens (including phenoxy) is 1. The molecule has 1 aromatic carbocycles. The number of hydrogen-bond acceptors (Lipinski definition) is 3. The van der Waals surface area contributed by atoms with Gasteiger partial charge in [-0.2, -0.15) is 5.10 Å². The zero-order valence-electron chi connectivity index (χ0n) is 12.2. The van der Waals surface area contributed by atoms with Crippen molar-refractivity contribution >= 4 is 17.8 Å². The standard InChI is InChI=1S/C16H19N3O2/c1-3-13-11-15(19-18-13)17-16(20)10-9-12-7-5-6-8-14(12)21-4-2/h5-11H,3-4H2,1-2H3,(H2,17,18,19,20)/b10-9+. The Morgan fingerprint density at radius 3 is 2.90 bits per heavy atom. The lowest BCUT2D eigenvalue weighted by Gasteiger charge is -2.06. The molecule has 0 saturated carbocycles.